The Bertz CT molecular complexity index is 3040. The molecule has 0 aromatic heterocycles. The van der Waals surface area contributed by atoms with Gasteiger partial charge in [0.2, 0.25) is 0 Å². The van der Waals surface area contributed by atoms with E-state index >= 15 is 0 Å². The van der Waals surface area contributed by atoms with E-state index in [-0.39, 0.29) is 11.1 Å². The normalized spacial score (nSPS) is 24.8. The van der Waals surface area contributed by atoms with Crippen molar-refractivity contribution in [2.75, 3.05) is 24.0 Å². The van der Waals surface area contributed by atoms with Crippen LogP contribution in [0.5, 0.6) is 0 Å². The van der Waals surface area contributed by atoms with Crippen molar-refractivity contribution < 1.29 is 9.47 Å². The van der Waals surface area contributed by atoms with Gasteiger partial charge in [-0.2, -0.15) is 0 Å². The summed E-state index contributed by atoms with van der Waals surface area (Å²) < 4.78 is 13.7. The molecule has 2 heterocycles. The Kier molecular flexibility index (Phi) is 9.61. The van der Waals surface area contributed by atoms with E-state index in [1.54, 1.807) is 0 Å². The van der Waals surface area contributed by atoms with Gasteiger partial charge in [-0.1, -0.05) is 159 Å². The molecule has 8 aromatic rings. The van der Waals surface area contributed by atoms with E-state index < -0.39 is 16.6 Å². The van der Waals surface area contributed by atoms with Gasteiger partial charge in [0.25, 0.3) is 0 Å². The molecule has 0 amide bonds. The van der Waals surface area contributed by atoms with Crippen LogP contribution in [0.25, 0.3) is 33.4 Å². The molecule has 2 saturated carbocycles. The number of methoxy groups -OCH3 is 2. The molecule has 8 aromatic carbocycles. The van der Waals surface area contributed by atoms with Crippen LogP contribution in [-0.4, -0.2) is 25.3 Å². The maximum absolute atomic E-state index is 6.83. The highest BCUT2D eigenvalue weighted by Crippen LogP contribution is 2.64. The zero-order valence-corrected chi connectivity index (χ0v) is 40.3. The molecule has 4 unspecified atom stereocenters. The van der Waals surface area contributed by atoms with Gasteiger partial charge in [-0.25, -0.2) is 0 Å². The predicted octanol–water partition coefficient (Wildman–Crippen LogP) is 16.0. The summed E-state index contributed by atoms with van der Waals surface area (Å²) in [6.07, 6.45) is 8.80. The molecule has 4 atom stereocenters. The van der Waals surface area contributed by atoms with Gasteiger partial charge >= 0.3 is 0 Å². The smallest absolute Gasteiger partial charge is 0.118 e. The van der Waals surface area contributed by atoms with Crippen LogP contribution < -0.4 is 9.80 Å². The summed E-state index contributed by atoms with van der Waals surface area (Å²) in [4.78, 5) is 5.18. The first-order chi connectivity index (χ1) is 33.8. The average molecular weight is 901 g/mol. The summed E-state index contributed by atoms with van der Waals surface area (Å²) >= 11 is 0. The number of anilines is 4. The first-order valence-corrected chi connectivity index (χ1v) is 25.3. The van der Waals surface area contributed by atoms with Gasteiger partial charge in [-0.05, 0) is 156 Å². The second-order valence-corrected chi connectivity index (χ2v) is 20.8. The summed E-state index contributed by atoms with van der Waals surface area (Å²) in [6.45, 7) is 4.87. The van der Waals surface area contributed by atoms with Crippen molar-refractivity contribution in [3.63, 3.8) is 0 Å². The van der Waals surface area contributed by atoms with E-state index in [0.29, 0.717) is 0 Å². The average Bonchev–Trinajstić information content (AvgIpc) is 3.93. The number of hydrogen-bond donors (Lipinski definition) is 0. The molecule has 69 heavy (non-hydrogen) atoms. The highest BCUT2D eigenvalue weighted by molar-refractivity contribution is 5.92. The first-order valence-electron chi connectivity index (χ1n) is 25.3. The van der Waals surface area contributed by atoms with Gasteiger partial charge < -0.3 is 19.3 Å². The number of hydrogen-bond acceptors (Lipinski definition) is 4. The van der Waals surface area contributed by atoms with Gasteiger partial charge in [0.1, 0.15) is 11.2 Å². The van der Waals surface area contributed by atoms with Crippen LogP contribution in [0.2, 0.25) is 0 Å². The van der Waals surface area contributed by atoms with Gasteiger partial charge in [-0.15, -0.1) is 0 Å². The molecule has 0 saturated heterocycles. The molecule has 2 fully saturated rings. The molecule has 0 N–H and O–H groups in total. The van der Waals surface area contributed by atoms with Crippen molar-refractivity contribution in [1.82, 2.24) is 0 Å². The lowest BCUT2D eigenvalue weighted by molar-refractivity contribution is -0.0872. The van der Waals surface area contributed by atoms with E-state index in [9.17, 15) is 0 Å². The van der Waals surface area contributed by atoms with E-state index in [1.165, 1.54) is 102 Å². The van der Waals surface area contributed by atoms with E-state index in [4.69, 9.17) is 9.47 Å². The van der Waals surface area contributed by atoms with Crippen molar-refractivity contribution in [3.8, 4) is 33.4 Å². The number of benzene rings is 8. The Morgan fingerprint density at radius 2 is 0.710 bits per heavy atom. The molecule has 4 heteroatoms. The van der Waals surface area contributed by atoms with Gasteiger partial charge in [-0.3, -0.25) is 0 Å². The Morgan fingerprint density at radius 1 is 0.362 bits per heavy atom. The topological polar surface area (TPSA) is 24.9 Å². The third kappa shape index (κ3) is 5.65. The third-order valence-corrected chi connectivity index (χ3v) is 17.9. The molecular weight excluding hydrogens is 841 g/mol. The van der Waals surface area contributed by atoms with Crippen molar-refractivity contribution in [2.45, 2.75) is 92.9 Å². The van der Waals surface area contributed by atoms with Crippen molar-refractivity contribution in [2.24, 2.45) is 0 Å². The number of rotatable bonds is 8. The first kappa shape index (κ1) is 42.4. The quantitative estimate of drug-likeness (QED) is 0.152. The Balaban J connectivity index is 1.00. The van der Waals surface area contributed by atoms with Crippen LogP contribution in [0.15, 0.2) is 194 Å². The van der Waals surface area contributed by atoms with Crippen molar-refractivity contribution in [3.05, 3.63) is 228 Å². The number of para-hydroxylation sites is 2. The van der Waals surface area contributed by atoms with Crippen LogP contribution in [0.3, 0.4) is 0 Å². The van der Waals surface area contributed by atoms with Gasteiger partial charge in [0, 0.05) is 48.1 Å². The molecular formula is C65H60N2O2. The molecule has 13 rings (SSSR count). The number of nitrogens with zero attached hydrogens (tertiary/aromatic N) is 2. The van der Waals surface area contributed by atoms with Crippen LogP contribution in [0.4, 0.5) is 22.7 Å². The monoisotopic (exact) mass is 900 g/mol. The van der Waals surface area contributed by atoms with Crippen molar-refractivity contribution >= 4 is 22.7 Å². The standard InChI is InChI=1S/C65H60N2O2/c1-61-37-17-19-39-63(61,68-3)57-43-47(31-35-59(57)66(61)51-25-13-7-14-26-51)45-29-33-55-53(41-45)54-42-46(30-34-56(54)65(55,49-21-9-5-10-22-49)50-23-11-6-12-24-50)48-32-36-60-58(44-48)64(69-4)40-20-18-38-62(64,2)67(60)52-27-15-8-16-28-52/h5-16,21-36,41-44H,17-20,37-40H2,1-4H3. The SMILES string of the molecule is COC12CCCCC1(C)N(c1ccccc1)c1ccc(-c3ccc4c(c3)-c3cc(-c5ccc6c(c5)C5(OC)CCCCC5(C)N6c5ccccc5)ccc3C4(c3ccccc3)c3ccccc3)cc12. The molecule has 0 radical (unpaired) electrons. The minimum absolute atomic E-state index is 0.212. The summed E-state index contributed by atoms with van der Waals surface area (Å²) in [5, 5.41) is 0. The van der Waals surface area contributed by atoms with Crippen LogP contribution in [-0.2, 0) is 26.1 Å². The van der Waals surface area contributed by atoms with Crippen molar-refractivity contribution in [1.29, 1.82) is 0 Å². The van der Waals surface area contributed by atoms with E-state index in [2.05, 4.69) is 218 Å². The van der Waals surface area contributed by atoms with Crippen LogP contribution in [0.1, 0.15) is 98.6 Å². The fourth-order valence-electron chi connectivity index (χ4n) is 14.8. The fourth-order valence-corrected chi connectivity index (χ4v) is 14.8. The molecule has 342 valence electrons. The summed E-state index contributed by atoms with van der Waals surface area (Å²) in [5.41, 5.74) is 18.3. The second kappa shape index (κ2) is 15.7. The van der Waals surface area contributed by atoms with Crippen LogP contribution >= 0.6 is 0 Å². The molecule has 2 aliphatic heterocycles. The summed E-state index contributed by atoms with van der Waals surface area (Å²) in [5.74, 6) is 0. The highest BCUT2D eigenvalue weighted by atomic mass is 16.5. The largest absolute Gasteiger partial charge is 0.371 e. The molecule has 3 aliphatic carbocycles. The fraction of sp³-hybridized carbons (Fsp3) is 0.262. The second-order valence-electron chi connectivity index (χ2n) is 20.8. The lowest BCUT2D eigenvalue weighted by atomic mass is 9.67. The Hall–Kier alpha value is -6.72. The van der Waals surface area contributed by atoms with Gasteiger partial charge in [0.15, 0.2) is 0 Å². The van der Waals surface area contributed by atoms with E-state index in [1.807, 2.05) is 14.2 Å². The predicted molar refractivity (Wildman–Crippen MR) is 283 cm³/mol. The van der Waals surface area contributed by atoms with Gasteiger partial charge in [0.05, 0.1) is 16.5 Å². The molecule has 0 spiro atoms. The summed E-state index contributed by atoms with van der Waals surface area (Å²) in [6, 6.07) is 73.2. The highest BCUT2D eigenvalue weighted by Gasteiger charge is 2.62. The zero-order chi connectivity index (χ0) is 46.6. The Labute approximate surface area is 408 Å². The molecule has 5 aliphatic rings. The lowest BCUT2D eigenvalue weighted by Gasteiger charge is -2.50. The lowest BCUT2D eigenvalue weighted by Crippen LogP contribution is -2.57. The summed E-state index contributed by atoms with van der Waals surface area (Å²) in [7, 11) is 3.88. The minimum Gasteiger partial charge on any atom is -0.371 e. The minimum atomic E-state index is -0.513. The number of ether oxygens (including phenoxy) is 2. The van der Waals surface area contributed by atoms with Crippen LogP contribution in [0, 0.1) is 0 Å². The number of fused-ring (bicyclic) bond motifs is 9. The van der Waals surface area contributed by atoms with E-state index in [0.717, 1.165) is 38.5 Å². The maximum Gasteiger partial charge on any atom is 0.118 e. The third-order valence-electron chi connectivity index (χ3n) is 17.9. The maximum atomic E-state index is 6.83. The molecule has 0 bridgehead atoms. The Morgan fingerprint density at radius 3 is 1.10 bits per heavy atom. The molecule has 4 nitrogen and oxygen atoms in total. The zero-order valence-electron chi connectivity index (χ0n) is 40.3.